The summed E-state index contributed by atoms with van der Waals surface area (Å²) in [5.41, 5.74) is 4.25. The van der Waals surface area contributed by atoms with Gasteiger partial charge in [-0.3, -0.25) is 9.59 Å². The molecule has 0 saturated carbocycles. The van der Waals surface area contributed by atoms with Crippen molar-refractivity contribution in [1.82, 2.24) is 0 Å². The van der Waals surface area contributed by atoms with Crippen molar-refractivity contribution in [3.05, 3.63) is 106 Å². The summed E-state index contributed by atoms with van der Waals surface area (Å²) < 4.78 is 21.7. The second-order valence-electron chi connectivity index (χ2n) is 14.7. The third-order valence-electron chi connectivity index (χ3n) is 10.5. The zero-order valence-electron chi connectivity index (χ0n) is 34.2. The molecule has 12 heteroatoms. The number of methoxy groups -OCH3 is 4. The van der Waals surface area contributed by atoms with Gasteiger partial charge in [0, 0.05) is 57.9 Å². The molecule has 6 rings (SSSR count). The van der Waals surface area contributed by atoms with Crippen molar-refractivity contribution in [2.45, 2.75) is 41.5 Å². The number of ketones is 2. The van der Waals surface area contributed by atoms with Crippen molar-refractivity contribution in [3.63, 3.8) is 0 Å². The molecule has 0 aromatic heterocycles. The molecule has 0 bridgehead atoms. The number of phenols is 2. The van der Waals surface area contributed by atoms with E-state index in [0.717, 1.165) is 0 Å². The summed E-state index contributed by atoms with van der Waals surface area (Å²) in [6.45, 7) is 10.9. The van der Waals surface area contributed by atoms with Gasteiger partial charge in [0.1, 0.15) is 34.5 Å². The Morgan fingerprint density at radius 2 is 0.897 bits per heavy atom. The first-order valence-corrected chi connectivity index (χ1v) is 18.7. The van der Waals surface area contributed by atoms with E-state index in [1.807, 2.05) is 27.7 Å². The number of aliphatic hydroxyl groups is 2. The van der Waals surface area contributed by atoms with Crippen molar-refractivity contribution in [2.75, 3.05) is 39.1 Å². The molecule has 4 aromatic rings. The van der Waals surface area contributed by atoms with Gasteiger partial charge in [-0.15, -0.1) is 0 Å². The van der Waals surface area contributed by atoms with Crippen LogP contribution in [0.1, 0.15) is 61.1 Å². The van der Waals surface area contributed by atoms with Crippen molar-refractivity contribution in [3.8, 4) is 45.6 Å². The van der Waals surface area contributed by atoms with E-state index in [2.05, 4.69) is 10.6 Å². The Morgan fingerprint density at radius 3 is 1.21 bits per heavy atom. The van der Waals surface area contributed by atoms with Crippen LogP contribution in [0.3, 0.4) is 0 Å². The number of aromatic hydroxyl groups is 2. The summed E-state index contributed by atoms with van der Waals surface area (Å²) in [6.07, 6.45) is 2.80. The van der Waals surface area contributed by atoms with E-state index in [4.69, 9.17) is 18.9 Å². The summed E-state index contributed by atoms with van der Waals surface area (Å²) in [7, 11) is 6.05. The largest absolute Gasteiger partial charge is 0.507 e. The molecule has 302 valence electrons. The second-order valence-corrected chi connectivity index (χ2v) is 14.7. The van der Waals surface area contributed by atoms with E-state index in [1.165, 1.54) is 40.8 Å². The van der Waals surface area contributed by atoms with E-state index in [9.17, 15) is 30.0 Å². The highest BCUT2D eigenvalue weighted by Gasteiger charge is 2.38. The minimum Gasteiger partial charge on any atom is -0.507 e. The first-order valence-electron chi connectivity index (χ1n) is 18.7. The molecule has 0 saturated heterocycles. The number of anilines is 2. The van der Waals surface area contributed by atoms with E-state index in [1.54, 1.807) is 62.4 Å². The number of phenolic OH excluding ortho intramolecular Hbond substituents is 2. The highest BCUT2D eigenvalue weighted by molar-refractivity contribution is 6.35. The lowest BCUT2D eigenvalue weighted by molar-refractivity contribution is -0.113. The number of benzene rings is 4. The maximum atomic E-state index is 14.0. The number of rotatable bonds is 11. The van der Waals surface area contributed by atoms with E-state index in [-0.39, 0.29) is 56.7 Å². The first kappa shape index (κ1) is 40.8. The SMILES string of the molecule is COc1ccc(N/C=C2\C(=O)C(O)=C(C(C)C)c3cc(C)c(-c4c(C)cc5c(c4O)/C(=C/Nc4ccc(OC)cc4OC)C(=O)C(O)=C5C(C)C)c(O)c32)c(OC)c1. The third-order valence-corrected chi connectivity index (χ3v) is 10.5. The van der Waals surface area contributed by atoms with Crippen LogP contribution in [-0.4, -0.2) is 60.4 Å². The summed E-state index contributed by atoms with van der Waals surface area (Å²) in [4.78, 5) is 28.1. The van der Waals surface area contributed by atoms with Crippen LogP contribution in [0.5, 0.6) is 34.5 Å². The number of carbonyl (C=O) groups is 2. The highest BCUT2D eigenvalue weighted by Crippen LogP contribution is 2.54. The predicted octanol–water partition coefficient (Wildman–Crippen LogP) is 9.34. The molecule has 4 aromatic carbocycles. The lowest BCUT2D eigenvalue weighted by Crippen LogP contribution is -2.20. The molecule has 0 heterocycles. The number of nitrogens with one attached hydrogen (secondary N) is 2. The number of hydrogen-bond acceptors (Lipinski definition) is 12. The van der Waals surface area contributed by atoms with Gasteiger partial charge < -0.3 is 50.0 Å². The summed E-state index contributed by atoms with van der Waals surface area (Å²) in [5, 5.41) is 53.8. The number of hydrogen-bond donors (Lipinski definition) is 6. The van der Waals surface area contributed by atoms with Crippen LogP contribution >= 0.6 is 0 Å². The molecular formula is C46H48N2O10. The second kappa shape index (κ2) is 16.0. The minimum atomic E-state index is -0.717. The molecule has 12 nitrogen and oxygen atoms in total. The molecule has 0 fully saturated rings. The number of aryl methyl sites for hydroxylation is 2. The zero-order chi connectivity index (χ0) is 42.3. The topological polar surface area (TPSA) is 176 Å². The number of aliphatic hydroxyl groups excluding tert-OH is 2. The molecule has 0 aliphatic heterocycles. The number of fused-ring (bicyclic) bond motifs is 2. The molecule has 0 amide bonds. The van der Waals surface area contributed by atoms with E-state index < -0.39 is 23.1 Å². The van der Waals surface area contributed by atoms with Gasteiger partial charge in [-0.2, -0.15) is 0 Å². The first-order chi connectivity index (χ1) is 27.6. The summed E-state index contributed by atoms with van der Waals surface area (Å²) in [5.74, 6) is -1.65. The van der Waals surface area contributed by atoms with Gasteiger partial charge in [-0.05, 0) is 72.2 Å². The number of allylic oxidation sites excluding steroid dienone is 4. The predicted molar refractivity (Wildman–Crippen MR) is 226 cm³/mol. The smallest absolute Gasteiger partial charge is 0.229 e. The van der Waals surface area contributed by atoms with Gasteiger partial charge in [0.25, 0.3) is 0 Å². The minimum absolute atomic E-state index is 0.0352. The number of carbonyl (C=O) groups excluding carboxylic acids is 2. The van der Waals surface area contributed by atoms with Gasteiger partial charge in [0.15, 0.2) is 11.5 Å². The number of Topliss-reactive ketones (excluding diaryl/α,β-unsaturated/α-hetero) is 2. The van der Waals surface area contributed by atoms with E-state index >= 15 is 0 Å². The molecule has 0 atom stereocenters. The van der Waals surface area contributed by atoms with Crippen molar-refractivity contribution in [1.29, 1.82) is 0 Å². The molecule has 0 spiro atoms. The Hall–Kier alpha value is -6.82. The van der Waals surface area contributed by atoms with Crippen molar-refractivity contribution in [2.24, 2.45) is 11.8 Å². The quantitative estimate of drug-likeness (QED) is 0.0796. The van der Waals surface area contributed by atoms with Gasteiger partial charge in [-0.1, -0.05) is 39.8 Å². The average molecular weight is 789 g/mol. The highest BCUT2D eigenvalue weighted by atomic mass is 16.5. The summed E-state index contributed by atoms with van der Waals surface area (Å²) >= 11 is 0. The van der Waals surface area contributed by atoms with Crippen LogP contribution in [0.4, 0.5) is 11.4 Å². The summed E-state index contributed by atoms with van der Waals surface area (Å²) in [6, 6.07) is 13.7. The normalized spacial score (nSPS) is 15.3. The fourth-order valence-corrected chi connectivity index (χ4v) is 7.76. The Labute approximate surface area is 337 Å². The average Bonchev–Trinajstić information content (AvgIpc) is 3.19. The maximum Gasteiger partial charge on any atom is 0.229 e. The molecular weight excluding hydrogens is 741 g/mol. The van der Waals surface area contributed by atoms with Gasteiger partial charge >= 0.3 is 0 Å². The Morgan fingerprint density at radius 1 is 0.534 bits per heavy atom. The lowest BCUT2D eigenvalue weighted by Gasteiger charge is -2.29. The van der Waals surface area contributed by atoms with Crippen LogP contribution in [0.25, 0.3) is 33.4 Å². The number of ether oxygens (including phenoxy) is 4. The maximum absolute atomic E-state index is 14.0. The molecule has 6 N–H and O–H groups in total. The zero-order valence-corrected chi connectivity index (χ0v) is 34.2. The van der Waals surface area contributed by atoms with Gasteiger partial charge in [0.05, 0.1) is 51.0 Å². The van der Waals surface area contributed by atoms with Crippen LogP contribution in [0, 0.1) is 25.7 Å². The molecule has 0 radical (unpaired) electrons. The molecule has 0 unspecified atom stereocenters. The van der Waals surface area contributed by atoms with Gasteiger partial charge in [-0.25, -0.2) is 0 Å². The third kappa shape index (κ3) is 6.84. The van der Waals surface area contributed by atoms with E-state index in [0.29, 0.717) is 67.8 Å². The molecule has 58 heavy (non-hydrogen) atoms. The van der Waals surface area contributed by atoms with Gasteiger partial charge in [0.2, 0.25) is 11.6 Å². The van der Waals surface area contributed by atoms with Crippen LogP contribution in [0.2, 0.25) is 0 Å². The van der Waals surface area contributed by atoms with Crippen LogP contribution in [-0.2, 0) is 9.59 Å². The van der Waals surface area contributed by atoms with Crippen molar-refractivity contribution < 1.29 is 49.0 Å². The standard InChI is InChI=1S/C46H48N2O10/c1-21(2)35-27-15-23(5)37(43(51)39(27)29(41(49)45(35)53)19-47-31-13-11-25(55-7)17-33(31)57-9)38-24(6)16-28-36(22(3)4)46(54)42(50)30(40(28)44(38)52)20-48-32-14-12-26(56-8)18-34(32)58-10/h11-22,47-48,51-54H,1-10H3/b29-19-,30-20-. The lowest BCUT2D eigenvalue weighted by atomic mass is 9.75. The van der Waals surface area contributed by atoms with Crippen LogP contribution < -0.4 is 29.6 Å². The Balaban J connectivity index is 1.61. The fraction of sp³-hybridized carbons (Fsp3) is 0.261. The van der Waals surface area contributed by atoms with Crippen molar-refractivity contribution >= 4 is 45.2 Å². The van der Waals surface area contributed by atoms with Crippen LogP contribution in [0.15, 0.2) is 72.4 Å². The Bertz CT molecular complexity index is 2330. The Kier molecular flexibility index (Phi) is 11.2. The fourth-order valence-electron chi connectivity index (χ4n) is 7.76. The molecule has 2 aliphatic carbocycles. The molecule has 2 aliphatic rings. The monoisotopic (exact) mass is 788 g/mol.